The average Bonchev–Trinajstić information content (AvgIpc) is 2.97. The van der Waals surface area contributed by atoms with E-state index >= 15 is 0 Å². The summed E-state index contributed by atoms with van der Waals surface area (Å²) in [5, 5.41) is 6.58. The molecule has 0 amide bonds. The Balaban J connectivity index is 2.04. The Kier molecular flexibility index (Phi) is 6.83. The summed E-state index contributed by atoms with van der Waals surface area (Å²) in [4.78, 5) is 6.21. The van der Waals surface area contributed by atoms with Crippen LogP contribution in [0.2, 0.25) is 0 Å². The molecule has 0 aliphatic heterocycles. The first-order valence-electron chi connectivity index (χ1n) is 7.54. The van der Waals surface area contributed by atoms with Gasteiger partial charge in [0.05, 0.1) is 19.9 Å². The van der Waals surface area contributed by atoms with Gasteiger partial charge >= 0.3 is 0 Å². The second-order valence-corrected chi connectivity index (χ2v) is 6.19. The van der Waals surface area contributed by atoms with Crippen molar-refractivity contribution in [1.29, 1.82) is 0 Å². The number of nitrogens with two attached hydrogens (primary N) is 1. The molecule has 1 aromatic carbocycles. The topological polar surface area (TPSA) is 85.0 Å². The van der Waals surface area contributed by atoms with E-state index in [2.05, 4.69) is 20.4 Å². The minimum absolute atomic E-state index is 0.476. The molecule has 24 heavy (non-hydrogen) atoms. The van der Waals surface area contributed by atoms with Crippen LogP contribution < -0.4 is 20.6 Å². The predicted molar refractivity (Wildman–Crippen MR) is 99.4 cm³/mol. The molecule has 0 saturated carbocycles. The van der Waals surface area contributed by atoms with E-state index in [1.807, 2.05) is 32.3 Å². The second kappa shape index (κ2) is 9.09. The van der Waals surface area contributed by atoms with Gasteiger partial charge in [-0.3, -0.25) is 5.43 Å². The van der Waals surface area contributed by atoms with Crippen molar-refractivity contribution in [1.82, 2.24) is 9.88 Å². The first kappa shape index (κ1) is 18.0. The predicted octanol–water partition coefficient (Wildman–Crippen LogP) is 2.51. The average molecular weight is 349 g/mol. The lowest BCUT2D eigenvalue weighted by Crippen LogP contribution is -2.16. The van der Waals surface area contributed by atoms with Crippen LogP contribution in [-0.2, 0) is 0 Å². The smallest absolute Gasteiger partial charge is 0.205 e. The largest absolute Gasteiger partial charge is 0.493 e. The van der Waals surface area contributed by atoms with Gasteiger partial charge in [0.1, 0.15) is 5.82 Å². The van der Waals surface area contributed by atoms with E-state index in [0.29, 0.717) is 29.1 Å². The molecule has 0 unspecified atom stereocenters. The van der Waals surface area contributed by atoms with Crippen LogP contribution in [0.3, 0.4) is 0 Å². The quantitative estimate of drug-likeness (QED) is 0.411. The molecule has 2 rings (SSSR count). The van der Waals surface area contributed by atoms with E-state index in [-0.39, 0.29) is 0 Å². The van der Waals surface area contributed by atoms with Crippen molar-refractivity contribution in [2.24, 2.45) is 5.10 Å². The minimum atomic E-state index is 0.476. The van der Waals surface area contributed by atoms with Crippen LogP contribution in [0.25, 0.3) is 0 Å². The van der Waals surface area contributed by atoms with Gasteiger partial charge in [-0.15, -0.1) is 11.3 Å². The lowest BCUT2D eigenvalue weighted by molar-refractivity contribution is 0.268. The number of rotatable bonds is 9. The zero-order valence-corrected chi connectivity index (χ0v) is 15.0. The fourth-order valence-corrected chi connectivity index (χ4v) is 2.55. The Morgan fingerprint density at radius 1 is 1.42 bits per heavy atom. The van der Waals surface area contributed by atoms with Gasteiger partial charge in [0.25, 0.3) is 0 Å². The molecule has 2 aromatic rings. The molecule has 7 nitrogen and oxygen atoms in total. The number of hydrogen-bond acceptors (Lipinski definition) is 8. The SMILES string of the molecule is COc1cccc(C=NNc2nc(N)cs2)c1OCCCN(C)C. The van der Waals surface area contributed by atoms with Crippen molar-refractivity contribution in [3.8, 4) is 11.5 Å². The van der Waals surface area contributed by atoms with E-state index in [1.165, 1.54) is 11.3 Å². The Labute approximate surface area is 146 Å². The molecule has 0 fully saturated rings. The van der Waals surface area contributed by atoms with Gasteiger partial charge in [-0.25, -0.2) is 4.98 Å². The van der Waals surface area contributed by atoms with Gasteiger partial charge in [0.15, 0.2) is 11.5 Å². The van der Waals surface area contributed by atoms with Crippen molar-refractivity contribution < 1.29 is 9.47 Å². The Morgan fingerprint density at radius 3 is 2.92 bits per heavy atom. The van der Waals surface area contributed by atoms with Gasteiger partial charge in [-0.05, 0) is 32.6 Å². The van der Waals surface area contributed by atoms with Crippen molar-refractivity contribution in [3.63, 3.8) is 0 Å². The van der Waals surface area contributed by atoms with Crippen LogP contribution in [0.1, 0.15) is 12.0 Å². The highest BCUT2D eigenvalue weighted by Crippen LogP contribution is 2.30. The lowest BCUT2D eigenvalue weighted by atomic mass is 10.2. The van der Waals surface area contributed by atoms with Gasteiger partial charge in [-0.1, -0.05) is 6.07 Å². The molecule has 1 heterocycles. The molecular weight excluding hydrogens is 326 g/mol. The number of ether oxygens (including phenoxy) is 2. The molecule has 1 aromatic heterocycles. The van der Waals surface area contributed by atoms with Crippen LogP contribution in [-0.4, -0.2) is 50.5 Å². The number of hydrogen-bond donors (Lipinski definition) is 2. The number of hydrazone groups is 1. The highest BCUT2D eigenvalue weighted by molar-refractivity contribution is 7.14. The Hall–Kier alpha value is -2.32. The zero-order chi connectivity index (χ0) is 17.4. The zero-order valence-electron chi connectivity index (χ0n) is 14.2. The van der Waals surface area contributed by atoms with E-state index in [1.54, 1.807) is 18.7 Å². The van der Waals surface area contributed by atoms with Crippen LogP contribution in [0.4, 0.5) is 10.9 Å². The third-order valence-corrected chi connectivity index (χ3v) is 3.88. The number of thiazole rings is 1. The standard InChI is InChI=1S/C16H23N5O2S/c1-21(2)8-5-9-23-15-12(6-4-7-13(15)22-3)10-18-20-16-19-14(17)11-24-16/h4,6-7,10-11H,5,8-9,17H2,1-3H3,(H,19,20). The highest BCUT2D eigenvalue weighted by atomic mass is 32.1. The maximum absolute atomic E-state index is 5.91. The van der Waals surface area contributed by atoms with Gasteiger partial charge in [-0.2, -0.15) is 5.10 Å². The third-order valence-electron chi connectivity index (χ3n) is 3.11. The van der Waals surface area contributed by atoms with Gasteiger partial charge in [0, 0.05) is 17.5 Å². The Morgan fingerprint density at radius 2 is 2.25 bits per heavy atom. The van der Waals surface area contributed by atoms with Crippen LogP contribution >= 0.6 is 11.3 Å². The number of aromatic nitrogens is 1. The third kappa shape index (κ3) is 5.39. The van der Waals surface area contributed by atoms with E-state index in [0.717, 1.165) is 18.5 Å². The summed E-state index contributed by atoms with van der Waals surface area (Å²) >= 11 is 1.39. The van der Waals surface area contributed by atoms with Crippen LogP contribution in [0, 0.1) is 0 Å². The van der Waals surface area contributed by atoms with Crippen molar-refractivity contribution in [2.75, 3.05) is 45.5 Å². The number of nitrogen functional groups attached to an aromatic ring is 1. The summed E-state index contributed by atoms with van der Waals surface area (Å²) in [6, 6.07) is 5.69. The fraction of sp³-hybridized carbons (Fsp3) is 0.375. The maximum atomic E-state index is 5.91. The molecule has 0 saturated heterocycles. The normalized spacial score (nSPS) is 11.2. The number of para-hydroxylation sites is 1. The number of nitrogens with one attached hydrogen (secondary N) is 1. The summed E-state index contributed by atoms with van der Waals surface area (Å²) in [5.74, 6) is 1.84. The molecule has 0 bridgehead atoms. The van der Waals surface area contributed by atoms with Crippen LogP contribution in [0.15, 0.2) is 28.7 Å². The summed E-state index contributed by atoms with van der Waals surface area (Å²) in [5.41, 5.74) is 9.26. The number of methoxy groups -OCH3 is 1. The van der Waals surface area contributed by atoms with Crippen molar-refractivity contribution in [2.45, 2.75) is 6.42 Å². The molecule has 0 spiro atoms. The molecule has 0 aliphatic carbocycles. The Bertz CT molecular complexity index is 672. The number of nitrogens with zero attached hydrogens (tertiary/aromatic N) is 3. The second-order valence-electron chi connectivity index (χ2n) is 5.33. The van der Waals surface area contributed by atoms with Crippen LogP contribution in [0.5, 0.6) is 11.5 Å². The monoisotopic (exact) mass is 349 g/mol. The first-order chi connectivity index (χ1) is 11.6. The molecule has 0 atom stereocenters. The first-order valence-corrected chi connectivity index (χ1v) is 8.42. The number of benzene rings is 1. The molecule has 3 N–H and O–H groups in total. The molecule has 130 valence electrons. The lowest BCUT2D eigenvalue weighted by Gasteiger charge is -2.14. The number of anilines is 2. The molecule has 8 heteroatoms. The van der Waals surface area contributed by atoms with E-state index in [9.17, 15) is 0 Å². The van der Waals surface area contributed by atoms with Crippen molar-refractivity contribution in [3.05, 3.63) is 29.1 Å². The van der Waals surface area contributed by atoms with Gasteiger partial charge < -0.3 is 20.1 Å². The summed E-state index contributed by atoms with van der Waals surface area (Å²) in [6.07, 6.45) is 2.61. The minimum Gasteiger partial charge on any atom is -0.493 e. The molecule has 0 aliphatic rings. The fourth-order valence-electron chi connectivity index (χ4n) is 2.00. The van der Waals surface area contributed by atoms with Gasteiger partial charge in [0.2, 0.25) is 5.13 Å². The highest BCUT2D eigenvalue weighted by Gasteiger charge is 2.09. The van der Waals surface area contributed by atoms with Crippen molar-refractivity contribution >= 4 is 28.5 Å². The summed E-state index contributed by atoms with van der Waals surface area (Å²) in [7, 11) is 5.70. The maximum Gasteiger partial charge on any atom is 0.205 e. The molecule has 0 radical (unpaired) electrons. The summed E-state index contributed by atoms with van der Waals surface area (Å²) in [6.45, 7) is 1.57. The van der Waals surface area contributed by atoms with E-state index in [4.69, 9.17) is 15.2 Å². The summed E-state index contributed by atoms with van der Waals surface area (Å²) < 4.78 is 11.3. The molecular formula is C16H23N5O2S. The van der Waals surface area contributed by atoms with E-state index < -0.39 is 0 Å².